The summed E-state index contributed by atoms with van der Waals surface area (Å²) < 4.78 is 5.42. The molecule has 1 aromatic heterocycles. The number of aromatic amines is 1. The van der Waals surface area contributed by atoms with E-state index in [0.717, 1.165) is 13.2 Å². The number of anilines is 1. The van der Waals surface area contributed by atoms with E-state index in [4.69, 9.17) is 10.5 Å². The Morgan fingerprint density at radius 2 is 1.67 bits per heavy atom. The number of carbonyl (C=O) groups is 1. The van der Waals surface area contributed by atoms with Crippen LogP contribution < -0.4 is 53.6 Å². The third-order valence-electron chi connectivity index (χ3n) is 8.91. The minimum atomic E-state index is -2.02. The Kier molecular flexibility index (Phi) is 6.66. The average Bonchev–Trinajstić information content (AvgIpc) is 3.54. The number of benzene rings is 2. The summed E-state index contributed by atoms with van der Waals surface area (Å²) in [6.45, 7) is 0. The molecule has 0 fully saturated rings. The van der Waals surface area contributed by atoms with E-state index in [9.17, 15) is 44.1 Å². The monoisotopic (exact) mass is 712 g/mol. The van der Waals surface area contributed by atoms with E-state index in [0.29, 0.717) is 15.7 Å². The third-order valence-corrected chi connectivity index (χ3v) is 9.59. The molecule has 1 amide bonds. The Morgan fingerprint density at radius 1 is 0.979 bits per heavy atom. The average molecular weight is 713 g/mol. The number of hydrogen-bond donors (Lipinski definition) is 6. The highest BCUT2D eigenvalue weighted by Gasteiger charge is 2.53. The molecule has 240 valence electrons. The van der Waals surface area contributed by atoms with Crippen LogP contribution in [0, 0.1) is 10.4 Å². The van der Waals surface area contributed by atoms with Gasteiger partial charge < -0.3 is 30.8 Å². The molecular formula is C33H21BrN4O10. The van der Waals surface area contributed by atoms with Crippen LogP contribution >= 0.6 is 15.9 Å². The SMILES string of the molecule is COc1cc(=O)c2c(=O)c3c(c(=O)c=2c1=O)=C(O)[C@]1(CCc2cc4cc(C=NNC(=O)c5ccc(N)c(Br)c5)[nH]c(=O)c4c(O)c21)C=3O. The van der Waals surface area contributed by atoms with Crippen LogP contribution in [0.3, 0.4) is 0 Å². The molecule has 0 aliphatic heterocycles. The minimum absolute atomic E-state index is 0.111. The zero-order chi connectivity index (χ0) is 34.4. The minimum Gasteiger partial charge on any atom is -0.510 e. The summed E-state index contributed by atoms with van der Waals surface area (Å²) in [6, 6.07) is 8.35. The number of nitrogens with two attached hydrogens (primary N) is 1. The maximum absolute atomic E-state index is 13.6. The fourth-order valence-corrected chi connectivity index (χ4v) is 7.11. The van der Waals surface area contributed by atoms with E-state index in [1.54, 1.807) is 12.1 Å². The Morgan fingerprint density at radius 3 is 2.33 bits per heavy atom. The number of methoxy groups -OCH3 is 1. The van der Waals surface area contributed by atoms with Gasteiger partial charge in [0.25, 0.3) is 11.5 Å². The van der Waals surface area contributed by atoms with Crippen molar-refractivity contribution in [3.05, 3.63) is 135 Å². The van der Waals surface area contributed by atoms with Gasteiger partial charge in [0.1, 0.15) is 22.7 Å². The van der Waals surface area contributed by atoms with Gasteiger partial charge in [-0.2, -0.15) is 5.10 Å². The quantitative estimate of drug-likeness (QED) is 0.0798. The van der Waals surface area contributed by atoms with Gasteiger partial charge in [0.05, 0.1) is 45.3 Å². The van der Waals surface area contributed by atoms with Gasteiger partial charge in [-0.05, 0) is 64.0 Å². The number of carbonyl (C=O) groups excluding carboxylic acids is 1. The summed E-state index contributed by atoms with van der Waals surface area (Å²) in [6.07, 6.45) is 1.16. The van der Waals surface area contributed by atoms with Crippen molar-refractivity contribution in [1.29, 1.82) is 0 Å². The Hall–Kier alpha value is -6.09. The number of ether oxygens (including phenoxy) is 1. The van der Waals surface area contributed by atoms with Crippen molar-refractivity contribution < 1.29 is 24.9 Å². The van der Waals surface area contributed by atoms with E-state index in [2.05, 4.69) is 31.4 Å². The van der Waals surface area contributed by atoms with Crippen molar-refractivity contribution in [1.82, 2.24) is 10.4 Å². The molecule has 1 heterocycles. The lowest BCUT2D eigenvalue weighted by Crippen LogP contribution is -2.51. The molecule has 0 bridgehead atoms. The summed E-state index contributed by atoms with van der Waals surface area (Å²) >= 11 is 3.25. The second kappa shape index (κ2) is 10.5. The summed E-state index contributed by atoms with van der Waals surface area (Å²) in [5.41, 5.74) is 2.10. The number of phenolic OH excluding ortho intramolecular Hbond substituents is 1. The molecule has 0 saturated carbocycles. The first-order valence-electron chi connectivity index (χ1n) is 14.2. The first kappa shape index (κ1) is 30.6. The van der Waals surface area contributed by atoms with Crippen LogP contribution in [0.25, 0.3) is 22.3 Å². The van der Waals surface area contributed by atoms with Crippen LogP contribution in [0.2, 0.25) is 0 Å². The number of aromatic nitrogens is 1. The van der Waals surface area contributed by atoms with Crippen LogP contribution in [0.5, 0.6) is 11.5 Å². The van der Waals surface area contributed by atoms with Gasteiger partial charge in [-0.25, -0.2) is 5.43 Å². The van der Waals surface area contributed by atoms with Crippen molar-refractivity contribution in [3.8, 4) is 11.5 Å². The highest BCUT2D eigenvalue weighted by Crippen LogP contribution is 2.54. The zero-order valence-electron chi connectivity index (χ0n) is 24.6. The normalized spacial score (nSPS) is 16.7. The number of aromatic hydroxyl groups is 1. The van der Waals surface area contributed by atoms with Crippen molar-refractivity contribution >= 4 is 56.0 Å². The van der Waals surface area contributed by atoms with E-state index in [-0.39, 0.29) is 40.4 Å². The van der Waals surface area contributed by atoms with Crippen LogP contribution in [-0.4, -0.2) is 39.5 Å². The topological polar surface area (TPSA) is 239 Å². The van der Waals surface area contributed by atoms with Crippen LogP contribution in [0.1, 0.15) is 33.6 Å². The molecule has 4 aliphatic rings. The van der Waals surface area contributed by atoms with Gasteiger partial charge >= 0.3 is 0 Å². The summed E-state index contributed by atoms with van der Waals surface area (Å²) in [5, 5.41) is 35.7. The lowest BCUT2D eigenvalue weighted by Gasteiger charge is -2.27. The predicted molar refractivity (Wildman–Crippen MR) is 177 cm³/mol. The van der Waals surface area contributed by atoms with Gasteiger partial charge in [-0.1, -0.05) is 6.07 Å². The second-order valence-electron chi connectivity index (χ2n) is 11.4. The first-order valence-corrected chi connectivity index (χ1v) is 15.0. The summed E-state index contributed by atoms with van der Waals surface area (Å²) in [7, 11) is 1.11. The van der Waals surface area contributed by atoms with Gasteiger partial charge in [-0.15, -0.1) is 0 Å². The van der Waals surface area contributed by atoms with Crippen molar-refractivity contribution in [2.75, 3.05) is 12.8 Å². The molecule has 0 saturated heterocycles. The lowest BCUT2D eigenvalue weighted by molar-refractivity contribution is 0.0955. The van der Waals surface area contributed by atoms with Crippen LogP contribution in [-0.2, 0) is 11.8 Å². The highest BCUT2D eigenvalue weighted by molar-refractivity contribution is 9.10. The molecule has 1 atom stereocenters. The number of fused-ring (bicyclic) bond motifs is 4. The van der Waals surface area contributed by atoms with Gasteiger partial charge in [0.2, 0.25) is 16.3 Å². The smallest absolute Gasteiger partial charge is 0.271 e. The zero-order valence-corrected chi connectivity index (χ0v) is 26.1. The molecule has 14 nitrogen and oxygen atoms in total. The van der Waals surface area contributed by atoms with E-state index in [1.165, 1.54) is 24.4 Å². The third kappa shape index (κ3) is 4.00. The first-order chi connectivity index (χ1) is 22.8. The number of rotatable bonds is 4. The molecular weight excluding hydrogens is 692 g/mol. The molecule has 0 radical (unpaired) electrons. The van der Waals surface area contributed by atoms with E-state index < -0.39 is 82.5 Å². The number of aliphatic hydroxyl groups is 2. The summed E-state index contributed by atoms with van der Waals surface area (Å²) in [4.78, 5) is 81.3. The van der Waals surface area contributed by atoms with E-state index in [1.807, 2.05) is 0 Å². The second-order valence-corrected chi connectivity index (χ2v) is 12.2. The highest BCUT2D eigenvalue weighted by atomic mass is 79.9. The Balaban J connectivity index is 1.37. The lowest BCUT2D eigenvalue weighted by atomic mass is 9.78. The number of phenols is 1. The fourth-order valence-electron chi connectivity index (χ4n) is 6.73. The van der Waals surface area contributed by atoms with Crippen LogP contribution in [0.4, 0.5) is 5.69 Å². The molecule has 1 spiro atoms. The van der Waals surface area contributed by atoms with Crippen molar-refractivity contribution in [3.63, 3.8) is 0 Å². The number of aryl methyl sites for hydroxylation is 1. The number of amides is 1. The van der Waals surface area contributed by atoms with Gasteiger partial charge in [0, 0.05) is 27.4 Å². The Bertz CT molecular complexity index is 2840. The number of H-pyrrole nitrogens is 1. The number of hydrazone groups is 1. The largest absolute Gasteiger partial charge is 0.510 e. The molecule has 2 aromatic carbocycles. The van der Waals surface area contributed by atoms with Gasteiger partial charge in [0.15, 0.2) is 11.2 Å². The van der Waals surface area contributed by atoms with Gasteiger partial charge in [-0.3, -0.25) is 28.8 Å². The Labute approximate surface area is 273 Å². The number of nitrogens with zero attached hydrogens (tertiary/aromatic N) is 1. The number of halogens is 1. The number of nitrogens with one attached hydrogen (secondary N) is 2. The van der Waals surface area contributed by atoms with Crippen molar-refractivity contribution in [2.45, 2.75) is 18.3 Å². The standard InChI is InChI=1S/C33H21BrN4O10/c1-48-18-9-17(39)20-21(25(18)40)27(42)23-22(26(20)41)29(44)33(30(23)45)5-4-11-6-13-7-14(37-32(47)19(13)28(43)24(11)33)10-36-38-31(46)12-2-3-16(35)15(34)8-12/h2-3,6-10,43-45H,4-5,35H2,1H3,(H,37,47)(H,38,46)/t33-/m0/s1. The number of nitrogen functional groups attached to an aromatic ring is 1. The number of pyridine rings is 1. The fraction of sp³-hybridized carbons (Fsp3) is 0.121. The molecule has 3 aromatic rings. The molecule has 0 unspecified atom stereocenters. The number of aliphatic hydroxyl groups excluding tert-OH is 2. The molecule has 7 N–H and O–H groups in total. The molecule has 48 heavy (non-hydrogen) atoms. The van der Waals surface area contributed by atoms with E-state index >= 15 is 0 Å². The molecule has 7 rings (SSSR count). The molecule has 4 aliphatic carbocycles. The summed E-state index contributed by atoms with van der Waals surface area (Å²) in [5.74, 6) is -3.24. The predicted octanol–water partition coefficient (Wildman–Crippen LogP) is -0.378. The maximum Gasteiger partial charge on any atom is 0.271 e. The van der Waals surface area contributed by atoms with Crippen molar-refractivity contribution in [2.24, 2.45) is 5.10 Å². The number of hydrogen-bond acceptors (Lipinski definition) is 12. The molecule has 15 heteroatoms. The maximum atomic E-state index is 13.6. The van der Waals surface area contributed by atoms with Crippen LogP contribution in [0.15, 0.2) is 69.9 Å².